The molecule has 1 aliphatic carbocycles. The van der Waals surface area contributed by atoms with Crippen LogP contribution in [-0.2, 0) is 13.5 Å². The van der Waals surface area contributed by atoms with Crippen LogP contribution in [0.3, 0.4) is 0 Å². The molecule has 0 unspecified atom stereocenters. The molecule has 0 N–H and O–H groups in total. The highest BCUT2D eigenvalue weighted by molar-refractivity contribution is 5.74. The van der Waals surface area contributed by atoms with Gasteiger partial charge in [0, 0.05) is 37.9 Å². The smallest absolute Gasteiger partial charge is 0.160 e. The van der Waals surface area contributed by atoms with E-state index in [9.17, 15) is 0 Å². The zero-order chi connectivity index (χ0) is 19.1. The van der Waals surface area contributed by atoms with E-state index in [1.165, 1.54) is 71.8 Å². The maximum Gasteiger partial charge on any atom is 0.160 e. The summed E-state index contributed by atoms with van der Waals surface area (Å²) in [5.74, 6) is 3.44. The van der Waals surface area contributed by atoms with Gasteiger partial charge in [0.15, 0.2) is 5.82 Å². The van der Waals surface area contributed by atoms with Crippen molar-refractivity contribution in [2.75, 3.05) is 29.4 Å². The van der Waals surface area contributed by atoms with Gasteiger partial charge in [-0.1, -0.05) is 24.6 Å². The molecule has 2 heterocycles. The van der Waals surface area contributed by atoms with E-state index in [2.05, 4.69) is 61.4 Å². The van der Waals surface area contributed by atoms with Crippen LogP contribution in [0, 0.1) is 26.7 Å². The predicted molar refractivity (Wildman–Crippen MR) is 114 cm³/mol. The zero-order valence-electron chi connectivity index (χ0n) is 17.7. The first-order valence-electron chi connectivity index (χ1n) is 10.7. The van der Waals surface area contributed by atoms with Gasteiger partial charge in [0.25, 0.3) is 0 Å². The highest BCUT2D eigenvalue weighted by Gasteiger charge is 2.32. The first-order chi connectivity index (χ1) is 13.0. The van der Waals surface area contributed by atoms with Crippen LogP contribution in [0.4, 0.5) is 17.3 Å². The van der Waals surface area contributed by atoms with Crippen molar-refractivity contribution in [2.24, 2.45) is 13.0 Å². The lowest BCUT2D eigenvalue weighted by Gasteiger charge is -2.32. The molecule has 0 atom stereocenters. The van der Waals surface area contributed by atoms with Gasteiger partial charge < -0.3 is 9.80 Å². The highest BCUT2D eigenvalue weighted by Crippen LogP contribution is 2.41. The third-order valence-electron chi connectivity index (χ3n) is 6.03. The van der Waals surface area contributed by atoms with Gasteiger partial charge in [-0.25, -0.2) is 0 Å². The Morgan fingerprint density at radius 2 is 1.85 bits per heavy atom. The SMILES string of the molecule is CCCN(CC1CC1)c1c2c(nn1C)N(c1c(C)cc(C)cc1C)CCC2. The van der Waals surface area contributed by atoms with Crippen LogP contribution in [0.5, 0.6) is 0 Å². The van der Waals surface area contributed by atoms with Crippen LogP contribution in [0.15, 0.2) is 12.1 Å². The molecular formula is C23H34N4. The van der Waals surface area contributed by atoms with E-state index in [0.717, 1.165) is 25.4 Å². The molecular weight excluding hydrogens is 332 g/mol. The first kappa shape index (κ1) is 18.4. The fourth-order valence-electron chi connectivity index (χ4n) is 4.88. The number of aromatic nitrogens is 2. The molecule has 1 aromatic carbocycles. The number of nitrogens with zero attached hydrogens (tertiary/aromatic N) is 4. The van der Waals surface area contributed by atoms with Crippen molar-refractivity contribution < 1.29 is 0 Å². The molecule has 0 radical (unpaired) electrons. The molecule has 1 aliphatic heterocycles. The minimum Gasteiger partial charge on any atom is -0.356 e. The molecule has 2 aromatic rings. The fraction of sp³-hybridized carbons (Fsp3) is 0.609. The van der Waals surface area contributed by atoms with E-state index in [1.54, 1.807) is 0 Å². The topological polar surface area (TPSA) is 24.3 Å². The third-order valence-corrected chi connectivity index (χ3v) is 6.03. The van der Waals surface area contributed by atoms with Gasteiger partial charge in [-0.05, 0) is 69.9 Å². The number of hydrogen-bond donors (Lipinski definition) is 0. The van der Waals surface area contributed by atoms with E-state index in [4.69, 9.17) is 5.10 Å². The van der Waals surface area contributed by atoms with E-state index in [0.29, 0.717) is 0 Å². The van der Waals surface area contributed by atoms with Crippen molar-refractivity contribution in [2.45, 2.75) is 59.8 Å². The molecule has 4 heteroatoms. The zero-order valence-corrected chi connectivity index (χ0v) is 17.7. The average molecular weight is 367 g/mol. The average Bonchev–Trinajstić information content (AvgIpc) is 3.34. The second kappa shape index (κ2) is 7.21. The Hall–Kier alpha value is -1.97. The summed E-state index contributed by atoms with van der Waals surface area (Å²) in [7, 11) is 2.14. The number of anilines is 3. The normalized spacial score (nSPS) is 16.6. The van der Waals surface area contributed by atoms with E-state index >= 15 is 0 Å². The monoisotopic (exact) mass is 366 g/mol. The van der Waals surface area contributed by atoms with Crippen LogP contribution in [0.2, 0.25) is 0 Å². The van der Waals surface area contributed by atoms with Crippen LogP contribution >= 0.6 is 0 Å². The number of aryl methyl sites for hydroxylation is 4. The van der Waals surface area contributed by atoms with Crippen LogP contribution in [0.25, 0.3) is 0 Å². The lowest BCUT2D eigenvalue weighted by molar-refractivity contribution is 0.657. The number of fused-ring (bicyclic) bond motifs is 1. The van der Waals surface area contributed by atoms with Crippen LogP contribution in [0.1, 0.15) is 54.9 Å². The number of rotatable bonds is 6. The Bertz CT molecular complexity index is 808. The summed E-state index contributed by atoms with van der Waals surface area (Å²) < 4.78 is 2.15. The van der Waals surface area contributed by atoms with Gasteiger partial charge in [0.1, 0.15) is 5.82 Å². The summed E-state index contributed by atoms with van der Waals surface area (Å²) in [5, 5.41) is 5.05. The minimum atomic E-state index is 0.892. The standard InChI is InChI=1S/C23H34N4/c1-6-11-26(15-19-9-10-19)23-20-8-7-12-27(22(20)24-25(23)5)21-17(3)13-16(2)14-18(21)4/h13-14,19H,6-12,15H2,1-5H3. The molecule has 4 rings (SSSR count). The van der Waals surface area contributed by atoms with E-state index < -0.39 is 0 Å². The van der Waals surface area contributed by atoms with Gasteiger partial charge in [0.2, 0.25) is 0 Å². The fourth-order valence-corrected chi connectivity index (χ4v) is 4.88. The molecule has 0 saturated heterocycles. The minimum absolute atomic E-state index is 0.892. The second-order valence-corrected chi connectivity index (χ2v) is 8.64. The lowest BCUT2D eigenvalue weighted by atomic mass is 10.00. The first-order valence-corrected chi connectivity index (χ1v) is 10.7. The summed E-state index contributed by atoms with van der Waals surface area (Å²) in [6.07, 6.45) is 6.32. The molecule has 1 fully saturated rings. The van der Waals surface area contributed by atoms with Crippen molar-refractivity contribution in [1.82, 2.24) is 9.78 Å². The summed E-state index contributed by atoms with van der Waals surface area (Å²) in [6.45, 7) is 12.3. The van der Waals surface area contributed by atoms with Crippen molar-refractivity contribution in [3.8, 4) is 0 Å². The molecule has 4 nitrogen and oxygen atoms in total. The van der Waals surface area contributed by atoms with Crippen molar-refractivity contribution in [3.63, 3.8) is 0 Å². The molecule has 0 amide bonds. The summed E-state index contributed by atoms with van der Waals surface area (Å²) in [6, 6.07) is 4.61. The lowest BCUT2D eigenvalue weighted by Crippen LogP contribution is -2.30. The van der Waals surface area contributed by atoms with Gasteiger partial charge >= 0.3 is 0 Å². The van der Waals surface area contributed by atoms with E-state index in [-0.39, 0.29) is 0 Å². The summed E-state index contributed by atoms with van der Waals surface area (Å²) in [4.78, 5) is 5.09. The predicted octanol–water partition coefficient (Wildman–Crippen LogP) is 5.06. The van der Waals surface area contributed by atoms with Gasteiger partial charge in [-0.3, -0.25) is 4.68 Å². The van der Waals surface area contributed by atoms with Gasteiger partial charge in [-0.15, -0.1) is 0 Å². The molecule has 146 valence electrons. The number of benzene rings is 1. The summed E-state index contributed by atoms with van der Waals surface area (Å²) >= 11 is 0. The van der Waals surface area contributed by atoms with Crippen LogP contribution in [-0.4, -0.2) is 29.4 Å². The maximum atomic E-state index is 5.05. The Kier molecular flexibility index (Phi) is 4.92. The Morgan fingerprint density at radius 3 is 2.48 bits per heavy atom. The van der Waals surface area contributed by atoms with Crippen molar-refractivity contribution >= 4 is 17.3 Å². The molecule has 27 heavy (non-hydrogen) atoms. The third kappa shape index (κ3) is 3.46. The molecule has 0 bridgehead atoms. The summed E-state index contributed by atoms with van der Waals surface area (Å²) in [5.41, 5.74) is 6.87. The molecule has 2 aliphatic rings. The quantitative estimate of drug-likeness (QED) is 0.714. The Balaban J connectivity index is 1.76. The van der Waals surface area contributed by atoms with E-state index in [1.807, 2.05) is 0 Å². The molecule has 0 spiro atoms. The highest BCUT2D eigenvalue weighted by atomic mass is 15.4. The van der Waals surface area contributed by atoms with Gasteiger partial charge in [-0.2, -0.15) is 5.10 Å². The largest absolute Gasteiger partial charge is 0.356 e. The Labute approximate surface area is 164 Å². The molecule has 1 aromatic heterocycles. The van der Waals surface area contributed by atoms with Crippen LogP contribution < -0.4 is 9.80 Å². The number of hydrogen-bond acceptors (Lipinski definition) is 3. The Morgan fingerprint density at radius 1 is 1.15 bits per heavy atom. The van der Waals surface area contributed by atoms with Crippen molar-refractivity contribution in [1.29, 1.82) is 0 Å². The second-order valence-electron chi connectivity index (χ2n) is 8.64. The molecule has 1 saturated carbocycles. The van der Waals surface area contributed by atoms with Crippen molar-refractivity contribution in [3.05, 3.63) is 34.4 Å². The maximum absolute atomic E-state index is 5.05. The van der Waals surface area contributed by atoms with Gasteiger partial charge in [0.05, 0.1) is 0 Å².